The van der Waals surface area contributed by atoms with Gasteiger partial charge in [-0.05, 0) is 31.7 Å². The highest BCUT2D eigenvalue weighted by atomic mass is 16.2. The van der Waals surface area contributed by atoms with E-state index >= 15 is 0 Å². The Labute approximate surface area is 134 Å². The van der Waals surface area contributed by atoms with Crippen molar-refractivity contribution in [2.75, 3.05) is 12.4 Å². The lowest BCUT2D eigenvalue weighted by Crippen LogP contribution is -2.31. The molecule has 2 amide bonds. The molecule has 1 saturated carbocycles. The standard InChI is InChI=1S/C16H21N5O2/c1-11(12-6-7-12)21-10-14(8-17-21)19-16(23)20(2)9-13-4-3-5-15(22)18-13/h3-5,8,10-12H,6-7,9H2,1-2H3,(H,18,22)(H,19,23). The van der Waals surface area contributed by atoms with Gasteiger partial charge in [0.05, 0.1) is 24.5 Å². The molecule has 122 valence electrons. The quantitative estimate of drug-likeness (QED) is 0.887. The summed E-state index contributed by atoms with van der Waals surface area (Å²) in [5.74, 6) is 0.705. The summed E-state index contributed by atoms with van der Waals surface area (Å²) in [5, 5.41) is 7.14. The summed E-state index contributed by atoms with van der Waals surface area (Å²) in [6.45, 7) is 2.47. The van der Waals surface area contributed by atoms with Gasteiger partial charge in [0.25, 0.3) is 0 Å². The van der Waals surface area contributed by atoms with Crippen molar-refractivity contribution in [2.45, 2.75) is 32.4 Å². The maximum absolute atomic E-state index is 12.2. The van der Waals surface area contributed by atoms with Crippen molar-refractivity contribution in [1.29, 1.82) is 0 Å². The van der Waals surface area contributed by atoms with E-state index in [0.717, 1.165) is 0 Å². The third kappa shape index (κ3) is 3.80. The summed E-state index contributed by atoms with van der Waals surface area (Å²) in [6.07, 6.45) is 6.02. The first kappa shape index (κ1) is 15.3. The average molecular weight is 315 g/mol. The number of amides is 2. The third-order valence-electron chi connectivity index (χ3n) is 4.16. The monoisotopic (exact) mass is 315 g/mol. The molecule has 3 rings (SSSR count). The van der Waals surface area contributed by atoms with Crippen LogP contribution in [0.4, 0.5) is 10.5 Å². The van der Waals surface area contributed by atoms with E-state index in [1.807, 2.05) is 10.9 Å². The predicted octanol–water partition coefficient (Wildman–Crippen LogP) is 2.21. The molecular formula is C16H21N5O2. The summed E-state index contributed by atoms with van der Waals surface area (Å²) >= 11 is 0. The summed E-state index contributed by atoms with van der Waals surface area (Å²) in [6, 6.07) is 5.02. The number of carbonyl (C=O) groups excluding carboxylic acids is 1. The highest BCUT2D eigenvalue weighted by molar-refractivity contribution is 5.88. The van der Waals surface area contributed by atoms with Crippen LogP contribution in [0.5, 0.6) is 0 Å². The summed E-state index contributed by atoms with van der Waals surface area (Å²) in [7, 11) is 1.68. The molecule has 0 spiro atoms. The zero-order chi connectivity index (χ0) is 16.4. The van der Waals surface area contributed by atoms with Crippen LogP contribution in [-0.2, 0) is 6.54 Å². The molecule has 0 aliphatic heterocycles. The fraction of sp³-hybridized carbons (Fsp3) is 0.438. The molecule has 2 aromatic heterocycles. The van der Waals surface area contributed by atoms with E-state index in [1.165, 1.54) is 23.8 Å². The Morgan fingerprint density at radius 3 is 3.00 bits per heavy atom. The Hall–Kier alpha value is -2.57. The minimum absolute atomic E-state index is 0.174. The molecule has 0 aromatic carbocycles. The van der Waals surface area contributed by atoms with Gasteiger partial charge in [0.15, 0.2) is 0 Å². The molecule has 23 heavy (non-hydrogen) atoms. The zero-order valence-corrected chi connectivity index (χ0v) is 13.3. The fourth-order valence-corrected chi connectivity index (χ4v) is 2.55. The van der Waals surface area contributed by atoms with Crippen LogP contribution < -0.4 is 10.9 Å². The number of nitrogens with zero attached hydrogens (tertiary/aromatic N) is 3. The smallest absolute Gasteiger partial charge is 0.322 e. The first-order valence-corrected chi connectivity index (χ1v) is 7.77. The molecule has 1 unspecified atom stereocenters. The van der Waals surface area contributed by atoms with Gasteiger partial charge >= 0.3 is 6.03 Å². The van der Waals surface area contributed by atoms with E-state index in [4.69, 9.17) is 0 Å². The largest absolute Gasteiger partial charge is 0.324 e. The molecular weight excluding hydrogens is 294 g/mol. The van der Waals surface area contributed by atoms with Gasteiger partial charge < -0.3 is 15.2 Å². The van der Waals surface area contributed by atoms with E-state index in [1.54, 1.807) is 25.4 Å². The van der Waals surface area contributed by atoms with Crippen molar-refractivity contribution in [3.63, 3.8) is 0 Å². The van der Waals surface area contributed by atoms with E-state index < -0.39 is 0 Å². The maximum Gasteiger partial charge on any atom is 0.322 e. The topological polar surface area (TPSA) is 83.0 Å². The van der Waals surface area contributed by atoms with Gasteiger partial charge in [-0.2, -0.15) is 5.10 Å². The van der Waals surface area contributed by atoms with Gasteiger partial charge in [0, 0.05) is 25.0 Å². The van der Waals surface area contributed by atoms with E-state index in [0.29, 0.717) is 29.9 Å². The highest BCUT2D eigenvalue weighted by Gasteiger charge is 2.29. The third-order valence-corrected chi connectivity index (χ3v) is 4.16. The normalized spacial score (nSPS) is 15.2. The Morgan fingerprint density at radius 1 is 1.52 bits per heavy atom. The van der Waals surface area contributed by atoms with Crippen LogP contribution in [0.2, 0.25) is 0 Å². The lowest BCUT2D eigenvalue weighted by Gasteiger charge is -2.17. The second kappa shape index (κ2) is 6.28. The van der Waals surface area contributed by atoms with Crippen LogP contribution in [0.15, 0.2) is 35.4 Å². The van der Waals surface area contributed by atoms with Gasteiger partial charge in [-0.15, -0.1) is 0 Å². The second-order valence-electron chi connectivity index (χ2n) is 6.11. The highest BCUT2D eigenvalue weighted by Crippen LogP contribution is 2.39. The van der Waals surface area contributed by atoms with Crippen LogP contribution in [0.25, 0.3) is 0 Å². The molecule has 0 radical (unpaired) electrons. The Bertz CT molecular complexity index is 747. The number of hydrogen-bond donors (Lipinski definition) is 2. The van der Waals surface area contributed by atoms with Crippen LogP contribution in [0, 0.1) is 5.92 Å². The van der Waals surface area contributed by atoms with Crippen molar-refractivity contribution in [3.8, 4) is 0 Å². The van der Waals surface area contributed by atoms with Gasteiger partial charge in [-0.25, -0.2) is 4.79 Å². The van der Waals surface area contributed by atoms with E-state index in [-0.39, 0.29) is 11.6 Å². The first-order chi connectivity index (χ1) is 11.0. The van der Waals surface area contributed by atoms with Crippen LogP contribution in [0.1, 0.15) is 31.5 Å². The number of hydrogen-bond acceptors (Lipinski definition) is 3. The van der Waals surface area contributed by atoms with Crippen molar-refractivity contribution < 1.29 is 4.79 Å². The Morgan fingerprint density at radius 2 is 2.30 bits per heavy atom. The number of carbonyl (C=O) groups is 1. The van der Waals surface area contributed by atoms with Gasteiger partial charge in [-0.3, -0.25) is 9.48 Å². The van der Waals surface area contributed by atoms with Gasteiger partial charge in [0.2, 0.25) is 5.56 Å². The number of rotatable bonds is 5. The Kier molecular flexibility index (Phi) is 4.18. The number of aromatic amines is 1. The average Bonchev–Trinajstić information content (AvgIpc) is 3.26. The van der Waals surface area contributed by atoms with Crippen LogP contribution >= 0.6 is 0 Å². The fourth-order valence-electron chi connectivity index (χ4n) is 2.55. The number of pyridine rings is 1. The molecule has 7 heteroatoms. The lowest BCUT2D eigenvalue weighted by atomic mass is 10.2. The minimum Gasteiger partial charge on any atom is -0.324 e. The summed E-state index contributed by atoms with van der Waals surface area (Å²) < 4.78 is 1.90. The first-order valence-electron chi connectivity index (χ1n) is 7.77. The van der Waals surface area contributed by atoms with Crippen molar-refractivity contribution in [1.82, 2.24) is 19.7 Å². The maximum atomic E-state index is 12.2. The molecule has 0 saturated heterocycles. The molecule has 2 aromatic rings. The van der Waals surface area contributed by atoms with Gasteiger partial charge in [0.1, 0.15) is 0 Å². The lowest BCUT2D eigenvalue weighted by molar-refractivity contribution is 0.220. The molecule has 0 bridgehead atoms. The number of H-pyrrole nitrogens is 1. The number of aromatic nitrogens is 3. The van der Waals surface area contributed by atoms with Crippen molar-refractivity contribution in [3.05, 3.63) is 46.6 Å². The molecule has 7 nitrogen and oxygen atoms in total. The number of anilines is 1. The van der Waals surface area contributed by atoms with E-state index in [2.05, 4.69) is 22.3 Å². The minimum atomic E-state index is -0.242. The zero-order valence-electron chi connectivity index (χ0n) is 13.3. The second-order valence-corrected chi connectivity index (χ2v) is 6.11. The number of nitrogens with one attached hydrogen (secondary N) is 2. The van der Waals surface area contributed by atoms with E-state index in [9.17, 15) is 9.59 Å². The van der Waals surface area contributed by atoms with Crippen LogP contribution in [0.3, 0.4) is 0 Å². The summed E-state index contributed by atoms with van der Waals surface area (Å²) in [4.78, 5) is 27.7. The predicted molar refractivity (Wildman–Crippen MR) is 87.2 cm³/mol. The Balaban J connectivity index is 1.58. The molecule has 1 fully saturated rings. The number of urea groups is 1. The molecule has 2 heterocycles. The molecule has 2 N–H and O–H groups in total. The van der Waals surface area contributed by atoms with Crippen molar-refractivity contribution >= 4 is 11.7 Å². The summed E-state index contributed by atoms with van der Waals surface area (Å²) in [5.41, 5.74) is 1.19. The SMILES string of the molecule is CC(C1CC1)n1cc(NC(=O)N(C)Cc2cccc(=O)[nH]2)cn1. The van der Waals surface area contributed by atoms with Gasteiger partial charge in [-0.1, -0.05) is 6.07 Å². The molecule has 1 aliphatic carbocycles. The van der Waals surface area contributed by atoms with Crippen molar-refractivity contribution in [2.24, 2.45) is 5.92 Å². The van der Waals surface area contributed by atoms with Crippen LogP contribution in [-0.4, -0.2) is 32.7 Å². The molecule has 1 atom stereocenters. The molecule has 1 aliphatic rings.